The molecular weight excluding hydrogens is 234 g/mol. The highest BCUT2D eigenvalue weighted by Gasteiger charge is 2.72. The van der Waals surface area contributed by atoms with Crippen LogP contribution in [0, 0.1) is 17.8 Å². The fourth-order valence-electron chi connectivity index (χ4n) is 3.89. The van der Waals surface area contributed by atoms with Gasteiger partial charge < -0.3 is 14.7 Å². The number of hydrogen-bond donors (Lipinski definition) is 1. The summed E-state index contributed by atoms with van der Waals surface area (Å²) >= 11 is 0. The number of carboxylic acids is 1. The Morgan fingerprint density at radius 1 is 1.17 bits per heavy atom. The molecule has 1 amide bonds. The van der Waals surface area contributed by atoms with E-state index < -0.39 is 11.6 Å². The van der Waals surface area contributed by atoms with Gasteiger partial charge in [0.2, 0.25) is 0 Å². The average Bonchev–Trinajstić information content (AvgIpc) is 2.73. The molecular formula is C13H19NO4. The number of ether oxygens (including phenoxy) is 1. The van der Waals surface area contributed by atoms with E-state index in [9.17, 15) is 9.59 Å². The molecule has 0 radical (unpaired) electrons. The molecule has 2 saturated heterocycles. The highest BCUT2D eigenvalue weighted by molar-refractivity contribution is 5.78. The number of amides is 1. The number of nitrogens with zero attached hydrogens (tertiary/aromatic N) is 1. The molecule has 3 rings (SSSR count). The Morgan fingerprint density at radius 2 is 1.67 bits per heavy atom. The van der Waals surface area contributed by atoms with Crippen molar-refractivity contribution >= 4 is 12.1 Å². The van der Waals surface area contributed by atoms with Crippen molar-refractivity contribution in [3.05, 3.63) is 0 Å². The van der Waals surface area contributed by atoms with Gasteiger partial charge in [-0.2, -0.15) is 0 Å². The zero-order valence-corrected chi connectivity index (χ0v) is 10.9. The topological polar surface area (TPSA) is 66.8 Å². The lowest BCUT2D eigenvalue weighted by Gasteiger charge is -2.29. The molecule has 0 spiro atoms. The van der Waals surface area contributed by atoms with Crippen LogP contribution in [0.3, 0.4) is 0 Å². The first-order chi connectivity index (χ1) is 8.31. The number of carboxylic acid groups (broad SMARTS) is 1. The Labute approximate surface area is 106 Å². The minimum atomic E-state index is -0.703. The first-order valence-electron chi connectivity index (χ1n) is 6.55. The molecule has 5 nitrogen and oxygen atoms in total. The van der Waals surface area contributed by atoms with Crippen LogP contribution in [-0.2, 0) is 9.53 Å². The number of piperidine rings is 1. The lowest BCUT2D eigenvalue weighted by Crippen LogP contribution is -2.43. The van der Waals surface area contributed by atoms with Gasteiger partial charge in [-0.15, -0.1) is 0 Å². The quantitative estimate of drug-likeness (QED) is 0.772. The van der Waals surface area contributed by atoms with E-state index in [0.717, 1.165) is 12.8 Å². The van der Waals surface area contributed by atoms with Gasteiger partial charge in [-0.25, -0.2) is 4.79 Å². The number of carbonyl (C=O) groups is 2. The van der Waals surface area contributed by atoms with Crippen LogP contribution in [0.4, 0.5) is 4.79 Å². The van der Waals surface area contributed by atoms with Gasteiger partial charge >= 0.3 is 12.1 Å². The second-order valence-electron chi connectivity index (χ2n) is 6.62. The summed E-state index contributed by atoms with van der Waals surface area (Å²) in [5, 5.41) is 9.10. The maximum absolute atomic E-state index is 12.1. The maximum atomic E-state index is 12.1. The largest absolute Gasteiger partial charge is 0.481 e. The van der Waals surface area contributed by atoms with Crippen LogP contribution in [0.15, 0.2) is 0 Å². The molecule has 2 heterocycles. The summed E-state index contributed by atoms with van der Waals surface area (Å²) in [6.07, 6.45) is 1.58. The predicted octanol–water partition coefficient (Wildman–Crippen LogP) is 1.71. The highest BCUT2D eigenvalue weighted by Crippen LogP contribution is 2.64. The van der Waals surface area contributed by atoms with E-state index in [1.807, 2.05) is 20.8 Å². The molecule has 1 aliphatic carbocycles. The summed E-state index contributed by atoms with van der Waals surface area (Å²) < 4.78 is 5.41. The summed E-state index contributed by atoms with van der Waals surface area (Å²) in [5.74, 6) is -0.575. The van der Waals surface area contributed by atoms with Crippen molar-refractivity contribution in [3.8, 4) is 0 Å². The fraction of sp³-hybridized carbons (Fsp3) is 0.846. The van der Waals surface area contributed by atoms with Crippen LogP contribution >= 0.6 is 0 Å². The molecule has 2 bridgehead atoms. The number of hydrogen-bond acceptors (Lipinski definition) is 3. The second kappa shape index (κ2) is 3.39. The Morgan fingerprint density at radius 3 is 2.06 bits per heavy atom. The molecule has 1 saturated carbocycles. The van der Waals surface area contributed by atoms with Crippen LogP contribution in [0.5, 0.6) is 0 Å². The van der Waals surface area contributed by atoms with Crippen molar-refractivity contribution in [2.24, 2.45) is 17.8 Å². The smallest absolute Gasteiger partial charge is 0.410 e. The molecule has 3 fully saturated rings. The van der Waals surface area contributed by atoms with E-state index in [4.69, 9.17) is 9.84 Å². The van der Waals surface area contributed by atoms with Gasteiger partial charge in [0.1, 0.15) is 5.60 Å². The summed E-state index contributed by atoms with van der Waals surface area (Å²) in [5.41, 5.74) is -0.491. The SMILES string of the molecule is CC(C)(C)OC(=O)N1C2CCC1C1C(C(=O)O)C12. The Hall–Kier alpha value is -1.26. The van der Waals surface area contributed by atoms with Crippen LogP contribution in [0.2, 0.25) is 0 Å². The Bertz CT molecular complexity index is 396. The van der Waals surface area contributed by atoms with Crippen molar-refractivity contribution in [2.75, 3.05) is 0 Å². The number of fused-ring (bicyclic) bond motifs is 5. The Balaban J connectivity index is 1.72. The molecule has 0 aromatic carbocycles. The molecule has 100 valence electrons. The van der Waals surface area contributed by atoms with E-state index in [1.165, 1.54) is 0 Å². The van der Waals surface area contributed by atoms with E-state index in [2.05, 4.69) is 0 Å². The number of rotatable bonds is 1. The van der Waals surface area contributed by atoms with Gasteiger partial charge in [0.05, 0.1) is 5.92 Å². The Kier molecular flexibility index (Phi) is 2.23. The molecule has 1 N–H and O–H groups in total. The first kappa shape index (κ1) is 11.8. The van der Waals surface area contributed by atoms with Gasteiger partial charge in [-0.1, -0.05) is 0 Å². The third-order valence-electron chi connectivity index (χ3n) is 4.38. The molecule has 0 aromatic rings. The van der Waals surface area contributed by atoms with Crippen molar-refractivity contribution in [1.82, 2.24) is 4.90 Å². The van der Waals surface area contributed by atoms with Gasteiger partial charge in [0.25, 0.3) is 0 Å². The highest BCUT2D eigenvalue weighted by atomic mass is 16.6. The fourth-order valence-corrected chi connectivity index (χ4v) is 3.89. The summed E-state index contributed by atoms with van der Waals surface area (Å²) in [4.78, 5) is 25.0. The van der Waals surface area contributed by atoms with E-state index >= 15 is 0 Å². The molecule has 18 heavy (non-hydrogen) atoms. The lowest BCUT2D eigenvalue weighted by molar-refractivity contribution is -0.139. The van der Waals surface area contributed by atoms with Crippen LogP contribution in [-0.4, -0.2) is 39.8 Å². The summed E-state index contributed by atoms with van der Waals surface area (Å²) in [7, 11) is 0. The minimum absolute atomic E-state index is 0.0935. The number of aliphatic carboxylic acids is 1. The van der Waals surface area contributed by atoms with Crippen molar-refractivity contribution in [3.63, 3.8) is 0 Å². The van der Waals surface area contributed by atoms with Crippen molar-refractivity contribution in [2.45, 2.75) is 51.3 Å². The van der Waals surface area contributed by atoms with Crippen LogP contribution in [0.1, 0.15) is 33.6 Å². The monoisotopic (exact) mass is 253 g/mol. The van der Waals surface area contributed by atoms with E-state index in [-0.39, 0.29) is 35.9 Å². The third kappa shape index (κ3) is 1.52. The molecule has 2 aliphatic heterocycles. The summed E-state index contributed by atoms with van der Waals surface area (Å²) in [6.45, 7) is 5.55. The maximum Gasteiger partial charge on any atom is 0.410 e. The van der Waals surface area contributed by atoms with Crippen LogP contribution in [0.25, 0.3) is 0 Å². The van der Waals surface area contributed by atoms with Gasteiger partial charge in [-0.05, 0) is 45.4 Å². The summed E-state index contributed by atoms with van der Waals surface area (Å²) in [6, 6.07) is 0.187. The second-order valence-corrected chi connectivity index (χ2v) is 6.62. The van der Waals surface area contributed by atoms with Crippen molar-refractivity contribution < 1.29 is 19.4 Å². The molecule has 4 atom stereocenters. The molecule has 5 heteroatoms. The van der Waals surface area contributed by atoms with Gasteiger partial charge in [0, 0.05) is 12.1 Å². The standard InChI is InChI=1S/C13H19NO4/c1-13(2,3)18-12(17)14-6-4-5-7(14)9-8(6)10(9)11(15)16/h6-10H,4-5H2,1-3H3,(H,15,16). The average molecular weight is 253 g/mol. The lowest BCUT2D eigenvalue weighted by atomic mass is 10.0. The predicted molar refractivity (Wildman–Crippen MR) is 63.0 cm³/mol. The normalized spacial score (nSPS) is 40.6. The van der Waals surface area contributed by atoms with Gasteiger partial charge in [-0.3, -0.25) is 4.79 Å². The molecule has 3 aliphatic rings. The van der Waals surface area contributed by atoms with E-state index in [1.54, 1.807) is 4.90 Å². The zero-order valence-electron chi connectivity index (χ0n) is 10.9. The van der Waals surface area contributed by atoms with Crippen LogP contribution < -0.4 is 0 Å². The van der Waals surface area contributed by atoms with Gasteiger partial charge in [0.15, 0.2) is 0 Å². The van der Waals surface area contributed by atoms with Crippen molar-refractivity contribution in [1.29, 1.82) is 0 Å². The third-order valence-corrected chi connectivity index (χ3v) is 4.38. The molecule has 0 aromatic heterocycles. The minimum Gasteiger partial charge on any atom is -0.481 e. The molecule has 4 unspecified atom stereocenters. The number of carbonyl (C=O) groups excluding carboxylic acids is 1. The van der Waals surface area contributed by atoms with E-state index in [0.29, 0.717) is 0 Å². The zero-order chi connectivity index (χ0) is 13.2. The first-order valence-corrected chi connectivity index (χ1v) is 6.55.